The molecule has 2 fully saturated rings. The van der Waals surface area contributed by atoms with Gasteiger partial charge >= 0.3 is 0 Å². The fraction of sp³-hybridized carbons (Fsp3) is 0.455. The van der Waals surface area contributed by atoms with Crippen LogP contribution in [0.4, 0.5) is 13.2 Å². The first-order chi connectivity index (χ1) is 14.1. The molecular formula is C22H26F3N3O. The highest BCUT2D eigenvalue weighted by molar-refractivity contribution is 5.29. The lowest BCUT2D eigenvalue weighted by Gasteiger charge is -2.37. The van der Waals surface area contributed by atoms with Gasteiger partial charge in [0.25, 0.3) is 0 Å². The molecule has 0 aromatic heterocycles. The van der Waals surface area contributed by atoms with E-state index >= 15 is 0 Å². The molecule has 4 rings (SSSR count). The minimum Gasteiger partial charge on any atom is -0.497 e. The van der Waals surface area contributed by atoms with E-state index in [9.17, 15) is 13.2 Å². The third-order valence-electron chi connectivity index (χ3n) is 6.10. The number of halogens is 3. The van der Waals surface area contributed by atoms with Crippen LogP contribution in [0.3, 0.4) is 0 Å². The van der Waals surface area contributed by atoms with Gasteiger partial charge in [-0.3, -0.25) is 15.8 Å². The predicted molar refractivity (Wildman–Crippen MR) is 105 cm³/mol. The average Bonchev–Trinajstić information content (AvgIpc) is 3.19. The Morgan fingerprint density at radius 3 is 2.62 bits per heavy atom. The number of likely N-dealkylation sites (tertiary alicyclic amines) is 1. The predicted octanol–water partition coefficient (Wildman–Crippen LogP) is 3.58. The highest BCUT2D eigenvalue weighted by Gasteiger charge is 2.39. The summed E-state index contributed by atoms with van der Waals surface area (Å²) in [6, 6.07) is 8.86. The molecule has 0 aliphatic carbocycles. The Kier molecular flexibility index (Phi) is 6.08. The first kappa shape index (κ1) is 20.2. The van der Waals surface area contributed by atoms with Gasteiger partial charge < -0.3 is 4.74 Å². The fourth-order valence-corrected chi connectivity index (χ4v) is 4.66. The van der Waals surface area contributed by atoms with Crippen molar-refractivity contribution in [2.75, 3.05) is 26.7 Å². The molecule has 2 N–H and O–H groups in total. The molecule has 3 atom stereocenters. The normalized spacial score (nSPS) is 25.3. The molecule has 29 heavy (non-hydrogen) atoms. The molecular weight excluding hydrogens is 379 g/mol. The summed E-state index contributed by atoms with van der Waals surface area (Å²) in [6.45, 7) is 2.61. The summed E-state index contributed by atoms with van der Waals surface area (Å²) in [7, 11) is 1.52. The second kappa shape index (κ2) is 8.73. The van der Waals surface area contributed by atoms with Crippen molar-refractivity contribution < 1.29 is 17.9 Å². The fourth-order valence-electron chi connectivity index (χ4n) is 4.66. The smallest absolute Gasteiger partial charge is 0.131 e. The van der Waals surface area contributed by atoms with E-state index in [0.717, 1.165) is 25.9 Å². The Morgan fingerprint density at radius 1 is 1.10 bits per heavy atom. The molecule has 2 aromatic rings. The van der Waals surface area contributed by atoms with Crippen molar-refractivity contribution in [2.24, 2.45) is 5.92 Å². The Labute approximate surface area is 169 Å². The number of hydrazine groups is 1. The molecule has 0 radical (unpaired) electrons. The standard InChI is InChI=1S/C22H26F3N3O/c1-29-16-8-7-14(20(25)10-16)12-28-9-3-4-15(13-28)22-17(11-26-27-22)21-18(23)5-2-6-19(21)24/h2,5-8,10,15,17,22,26-27H,3-4,9,11-13H2,1H3. The molecule has 0 amide bonds. The highest BCUT2D eigenvalue weighted by Crippen LogP contribution is 2.34. The van der Waals surface area contributed by atoms with Gasteiger partial charge in [-0.05, 0) is 43.5 Å². The Bertz CT molecular complexity index is 843. The third-order valence-corrected chi connectivity index (χ3v) is 6.10. The van der Waals surface area contributed by atoms with E-state index in [0.29, 0.717) is 24.4 Å². The summed E-state index contributed by atoms with van der Waals surface area (Å²) < 4.78 is 48.1. The van der Waals surface area contributed by atoms with Crippen LogP contribution in [-0.4, -0.2) is 37.7 Å². The molecule has 2 saturated heterocycles. The number of nitrogens with zero attached hydrogens (tertiary/aromatic N) is 1. The minimum atomic E-state index is -0.501. The van der Waals surface area contributed by atoms with Crippen LogP contribution >= 0.6 is 0 Å². The monoisotopic (exact) mass is 405 g/mol. The highest BCUT2D eigenvalue weighted by atomic mass is 19.1. The second-order valence-electron chi connectivity index (χ2n) is 7.89. The third kappa shape index (κ3) is 4.27. The molecule has 2 aromatic carbocycles. The summed E-state index contributed by atoms with van der Waals surface area (Å²) in [5.41, 5.74) is 7.10. The van der Waals surface area contributed by atoms with E-state index in [4.69, 9.17) is 4.74 Å². The topological polar surface area (TPSA) is 36.5 Å². The van der Waals surface area contributed by atoms with Crippen molar-refractivity contribution in [2.45, 2.75) is 31.3 Å². The number of benzene rings is 2. The first-order valence-electron chi connectivity index (χ1n) is 10.0. The lowest BCUT2D eigenvalue weighted by atomic mass is 9.80. The van der Waals surface area contributed by atoms with Gasteiger partial charge in [-0.25, -0.2) is 13.2 Å². The Morgan fingerprint density at radius 2 is 1.90 bits per heavy atom. The van der Waals surface area contributed by atoms with Crippen LogP contribution in [-0.2, 0) is 6.54 Å². The van der Waals surface area contributed by atoms with Crippen LogP contribution in [0.15, 0.2) is 36.4 Å². The summed E-state index contributed by atoms with van der Waals surface area (Å²) >= 11 is 0. The molecule has 4 nitrogen and oxygen atoms in total. The van der Waals surface area contributed by atoms with Gasteiger partial charge in [0.05, 0.1) is 7.11 Å². The van der Waals surface area contributed by atoms with Crippen molar-refractivity contribution >= 4 is 0 Å². The summed E-state index contributed by atoms with van der Waals surface area (Å²) in [4.78, 5) is 2.22. The van der Waals surface area contributed by atoms with Crippen LogP contribution in [0.1, 0.15) is 29.9 Å². The summed E-state index contributed by atoms with van der Waals surface area (Å²) in [5.74, 6) is -0.850. The van der Waals surface area contributed by atoms with E-state index in [2.05, 4.69) is 15.8 Å². The molecule has 0 spiro atoms. The number of rotatable bonds is 5. The van der Waals surface area contributed by atoms with Crippen LogP contribution < -0.4 is 15.6 Å². The zero-order valence-electron chi connectivity index (χ0n) is 16.4. The molecule has 3 unspecified atom stereocenters. The van der Waals surface area contributed by atoms with Gasteiger partial charge in [-0.1, -0.05) is 12.1 Å². The van der Waals surface area contributed by atoms with E-state index in [1.807, 2.05) is 0 Å². The van der Waals surface area contributed by atoms with Gasteiger partial charge in [0, 0.05) is 48.8 Å². The van der Waals surface area contributed by atoms with Crippen molar-refractivity contribution in [1.29, 1.82) is 0 Å². The number of ether oxygens (including phenoxy) is 1. The molecule has 2 aliphatic rings. The van der Waals surface area contributed by atoms with Gasteiger partial charge in [-0.2, -0.15) is 0 Å². The van der Waals surface area contributed by atoms with Crippen molar-refractivity contribution in [3.8, 4) is 5.75 Å². The first-order valence-corrected chi connectivity index (χ1v) is 10.0. The van der Waals surface area contributed by atoms with Crippen LogP contribution in [0.2, 0.25) is 0 Å². The Balaban J connectivity index is 1.48. The zero-order chi connectivity index (χ0) is 20.4. The lowest BCUT2D eigenvalue weighted by Crippen LogP contribution is -2.46. The van der Waals surface area contributed by atoms with Gasteiger partial charge in [0.2, 0.25) is 0 Å². The SMILES string of the molecule is COc1ccc(CN2CCCC(C3NNCC3c3c(F)cccc3F)C2)c(F)c1. The van der Waals surface area contributed by atoms with Crippen molar-refractivity contribution in [1.82, 2.24) is 15.8 Å². The zero-order valence-corrected chi connectivity index (χ0v) is 16.4. The number of piperidine rings is 1. The van der Waals surface area contributed by atoms with E-state index in [1.54, 1.807) is 12.1 Å². The maximum atomic E-state index is 14.4. The summed E-state index contributed by atoms with van der Waals surface area (Å²) in [5, 5.41) is 0. The molecule has 0 bridgehead atoms. The number of hydrogen-bond acceptors (Lipinski definition) is 4. The van der Waals surface area contributed by atoms with Crippen LogP contribution in [0.25, 0.3) is 0 Å². The minimum absolute atomic E-state index is 0.0788. The number of nitrogens with one attached hydrogen (secondary N) is 2. The maximum Gasteiger partial charge on any atom is 0.131 e. The molecule has 0 saturated carbocycles. The Hall–Kier alpha value is -2.09. The maximum absolute atomic E-state index is 14.4. The number of hydrogen-bond donors (Lipinski definition) is 2. The van der Waals surface area contributed by atoms with Gasteiger partial charge in [0.1, 0.15) is 23.2 Å². The molecule has 2 heterocycles. The van der Waals surface area contributed by atoms with Crippen molar-refractivity contribution in [3.05, 3.63) is 65.0 Å². The molecule has 156 valence electrons. The molecule has 7 heteroatoms. The second-order valence-corrected chi connectivity index (χ2v) is 7.89. The molecule has 2 aliphatic heterocycles. The van der Waals surface area contributed by atoms with E-state index in [-0.39, 0.29) is 29.3 Å². The average molecular weight is 405 g/mol. The van der Waals surface area contributed by atoms with Crippen LogP contribution in [0.5, 0.6) is 5.75 Å². The van der Waals surface area contributed by atoms with E-state index in [1.165, 1.54) is 31.4 Å². The van der Waals surface area contributed by atoms with Crippen LogP contribution in [0, 0.1) is 23.4 Å². The summed E-state index contributed by atoms with van der Waals surface area (Å²) in [6.07, 6.45) is 1.93. The van der Waals surface area contributed by atoms with Gasteiger partial charge in [-0.15, -0.1) is 0 Å². The van der Waals surface area contributed by atoms with Gasteiger partial charge in [0.15, 0.2) is 0 Å². The van der Waals surface area contributed by atoms with Crippen molar-refractivity contribution in [3.63, 3.8) is 0 Å². The quantitative estimate of drug-likeness (QED) is 0.797. The largest absolute Gasteiger partial charge is 0.497 e. The number of methoxy groups -OCH3 is 1. The van der Waals surface area contributed by atoms with E-state index < -0.39 is 11.6 Å². The lowest BCUT2D eigenvalue weighted by molar-refractivity contribution is 0.137.